The molecule has 1 N–H and O–H groups in total. The fourth-order valence-electron chi connectivity index (χ4n) is 1.75. The highest BCUT2D eigenvalue weighted by Crippen LogP contribution is 2.27. The minimum absolute atomic E-state index is 0.125. The molecule has 1 aliphatic rings. The van der Waals surface area contributed by atoms with Crippen LogP contribution < -0.4 is 0 Å². The van der Waals surface area contributed by atoms with E-state index in [2.05, 4.69) is 6.92 Å². The summed E-state index contributed by atoms with van der Waals surface area (Å²) in [7, 11) is 0. The maximum absolute atomic E-state index is 9.42. The van der Waals surface area contributed by atoms with Crippen molar-refractivity contribution in [2.45, 2.75) is 44.6 Å². The molecule has 1 rings (SSSR count). The maximum Gasteiger partial charge on any atom is 0.0568 e. The molecule has 1 heteroatoms. The second kappa shape index (κ2) is 3.97. The van der Waals surface area contributed by atoms with E-state index in [1.807, 2.05) is 0 Å². The van der Waals surface area contributed by atoms with E-state index in [-0.39, 0.29) is 6.10 Å². The normalized spacial score (nSPS) is 24.6. The average molecular weight is 141 g/mol. The van der Waals surface area contributed by atoms with Crippen molar-refractivity contribution >= 4 is 0 Å². The topological polar surface area (TPSA) is 20.2 Å². The summed E-state index contributed by atoms with van der Waals surface area (Å²) in [5.41, 5.74) is 0. The van der Waals surface area contributed by atoms with Crippen LogP contribution in [-0.2, 0) is 0 Å². The van der Waals surface area contributed by atoms with E-state index in [1.165, 1.54) is 32.1 Å². The van der Waals surface area contributed by atoms with Crippen LogP contribution in [0.25, 0.3) is 0 Å². The Kier molecular flexibility index (Phi) is 3.20. The largest absolute Gasteiger partial charge is 0.393 e. The quantitative estimate of drug-likeness (QED) is 0.624. The van der Waals surface area contributed by atoms with Gasteiger partial charge in [-0.25, -0.2) is 0 Å². The Hall–Kier alpha value is -0.0400. The molecular weight excluding hydrogens is 124 g/mol. The lowest BCUT2D eigenvalue weighted by atomic mass is 9.84. The van der Waals surface area contributed by atoms with Crippen molar-refractivity contribution in [2.75, 3.05) is 0 Å². The van der Waals surface area contributed by atoms with E-state index in [1.54, 1.807) is 0 Å². The zero-order valence-corrected chi connectivity index (χ0v) is 6.55. The van der Waals surface area contributed by atoms with Gasteiger partial charge in [-0.15, -0.1) is 0 Å². The summed E-state index contributed by atoms with van der Waals surface area (Å²) < 4.78 is 0. The predicted octanol–water partition coefficient (Wildman–Crippen LogP) is 2.15. The molecule has 0 aromatic rings. The van der Waals surface area contributed by atoms with Crippen LogP contribution in [0.15, 0.2) is 0 Å². The lowest BCUT2D eigenvalue weighted by Crippen LogP contribution is -2.21. The van der Waals surface area contributed by atoms with Crippen molar-refractivity contribution in [1.82, 2.24) is 0 Å². The second-order valence-electron chi connectivity index (χ2n) is 3.25. The fraction of sp³-hybridized carbons (Fsp3) is 0.889. The first-order valence-electron chi connectivity index (χ1n) is 4.32. The van der Waals surface area contributed by atoms with E-state index in [4.69, 9.17) is 0 Å². The molecule has 0 aromatic heterocycles. The van der Waals surface area contributed by atoms with Gasteiger partial charge in [-0.1, -0.05) is 26.2 Å². The molecule has 1 saturated carbocycles. The van der Waals surface area contributed by atoms with Gasteiger partial charge in [0.2, 0.25) is 0 Å². The minimum Gasteiger partial charge on any atom is -0.393 e. The van der Waals surface area contributed by atoms with Crippen LogP contribution in [0.1, 0.15) is 38.5 Å². The molecule has 1 radical (unpaired) electrons. The molecular formula is C9H17O. The Bertz CT molecular complexity index is 84.7. The molecule has 0 heterocycles. The second-order valence-corrected chi connectivity index (χ2v) is 3.25. The Labute approximate surface area is 63.4 Å². The van der Waals surface area contributed by atoms with Crippen LogP contribution in [0.5, 0.6) is 0 Å². The van der Waals surface area contributed by atoms with E-state index >= 15 is 0 Å². The standard InChI is InChI=1S/C9H17O/c1-2-9(10)8-6-4-3-5-7-8/h8-10H,1-7H2. The van der Waals surface area contributed by atoms with Crippen LogP contribution in [0.2, 0.25) is 0 Å². The minimum atomic E-state index is -0.125. The Balaban J connectivity index is 2.24. The zero-order valence-electron chi connectivity index (χ0n) is 6.55. The number of aliphatic hydroxyl groups excluding tert-OH is 1. The van der Waals surface area contributed by atoms with Crippen LogP contribution in [0, 0.1) is 12.8 Å². The molecule has 0 amide bonds. The van der Waals surface area contributed by atoms with Gasteiger partial charge in [-0.3, -0.25) is 0 Å². The maximum atomic E-state index is 9.42. The van der Waals surface area contributed by atoms with Crippen molar-refractivity contribution in [3.63, 3.8) is 0 Å². The molecule has 1 unspecified atom stereocenters. The van der Waals surface area contributed by atoms with E-state index < -0.39 is 0 Å². The summed E-state index contributed by atoms with van der Waals surface area (Å²) in [5, 5.41) is 9.42. The summed E-state index contributed by atoms with van der Waals surface area (Å²) in [6.45, 7) is 3.71. The first-order chi connectivity index (χ1) is 4.84. The SMILES string of the molecule is [CH2]CC(O)C1CCCCC1. The highest BCUT2D eigenvalue weighted by molar-refractivity contribution is 4.73. The zero-order chi connectivity index (χ0) is 7.40. The average Bonchev–Trinajstić information content (AvgIpc) is 2.05. The lowest BCUT2D eigenvalue weighted by molar-refractivity contribution is 0.0868. The number of hydrogen-bond acceptors (Lipinski definition) is 1. The molecule has 1 nitrogen and oxygen atoms in total. The monoisotopic (exact) mass is 141 g/mol. The van der Waals surface area contributed by atoms with Gasteiger partial charge in [0.15, 0.2) is 0 Å². The van der Waals surface area contributed by atoms with Crippen molar-refractivity contribution in [1.29, 1.82) is 0 Å². The Morgan fingerprint density at radius 2 is 1.90 bits per heavy atom. The van der Waals surface area contributed by atoms with Crippen molar-refractivity contribution in [2.24, 2.45) is 5.92 Å². The van der Waals surface area contributed by atoms with Crippen molar-refractivity contribution in [3.8, 4) is 0 Å². The highest BCUT2D eigenvalue weighted by atomic mass is 16.3. The molecule has 0 spiro atoms. The van der Waals surface area contributed by atoms with Crippen LogP contribution in [0.3, 0.4) is 0 Å². The van der Waals surface area contributed by atoms with Gasteiger partial charge in [-0.2, -0.15) is 0 Å². The summed E-state index contributed by atoms with van der Waals surface area (Å²) in [6.07, 6.45) is 6.97. The molecule has 10 heavy (non-hydrogen) atoms. The summed E-state index contributed by atoms with van der Waals surface area (Å²) in [5.74, 6) is 0.561. The third kappa shape index (κ3) is 1.98. The van der Waals surface area contributed by atoms with Crippen LogP contribution in [-0.4, -0.2) is 11.2 Å². The van der Waals surface area contributed by atoms with Gasteiger partial charge in [0.1, 0.15) is 0 Å². The van der Waals surface area contributed by atoms with E-state index in [0.29, 0.717) is 12.3 Å². The summed E-state index contributed by atoms with van der Waals surface area (Å²) in [4.78, 5) is 0. The van der Waals surface area contributed by atoms with Crippen LogP contribution >= 0.6 is 0 Å². The van der Waals surface area contributed by atoms with E-state index in [0.717, 1.165) is 0 Å². The summed E-state index contributed by atoms with van der Waals surface area (Å²) in [6, 6.07) is 0. The Morgan fingerprint density at radius 1 is 1.30 bits per heavy atom. The lowest BCUT2D eigenvalue weighted by Gasteiger charge is -2.25. The fourth-order valence-corrected chi connectivity index (χ4v) is 1.75. The predicted molar refractivity (Wildman–Crippen MR) is 42.6 cm³/mol. The third-order valence-electron chi connectivity index (χ3n) is 2.49. The van der Waals surface area contributed by atoms with Gasteiger partial charge < -0.3 is 5.11 Å². The third-order valence-corrected chi connectivity index (χ3v) is 2.49. The Morgan fingerprint density at radius 3 is 2.40 bits per heavy atom. The molecule has 0 aromatic carbocycles. The molecule has 1 aliphatic carbocycles. The first-order valence-corrected chi connectivity index (χ1v) is 4.32. The van der Waals surface area contributed by atoms with Gasteiger partial charge in [0.25, 0.3) is 0 Å². The van der Waals surface area contributed by atoms with Crippen LogP contribution in [0.4, 0.5) is 0 Å². The molecule has 0 saturated heterocycles. The van der Waals surface area contributed by atoms with Crippen molar-refractivity contribution in [3.05, 3.63) is 6.92 Å². The van der Waals surface area contributed by atoms with Crippen molar-refractivity contribution < 1.29 is 5.11 Å². The van der Waals surface area contributed by atoms with Gasteiger partial charge in [0.05, 0.1) is 6.10 Å². The highest BCUT2D eigenvalue weighted by Gasteiger charge is 2.19. The number of aliphatic hydroxyl groups is 1. The smallest absolute Gasteiger partial charge is 0.0568 e. The molecule has 59 valence electrons. The molecule has 0 aliphatic heterocycles. The first kappa shape index (κ1) is 8.06. The molecule has 1 fully saturated rings. The van der Waals surface area contributed by atoms with Gasteiger partial charge in [-0.05, 0) is 25.2 Å². The number of hydrogen-bond donors (Lipinski definition) is 1. The molecule has 1 atom stereocenters. The number of rotatable bonds is 2. The molecule has 0 bridgehead atoms. The van der Waals surface area contributed by atoms with Gasteiger partial charge >= 0.3 is 0 Å². The summed E-state index contributed by atoms with van der Waals surface area (Å²) >= 11 is 0. The van der Waals surface area contributed by atoms with Gasteiger partial charge in [0, 0.05) is 0 Å². The van der Waals surface area contributed by atoms with E-state index in [9.17, 15) is 5.11 Å².